The van der Waals surface area contributed by atoms with Crippen molar-refractivity contribution in [1.82, 2.24) is 9.88 Å². The molecule has 1 aliphatic carbocycles. The van der Waals surface area contributed by atoms with E-state index in [4.69, 9.17) is 0 Å². The molecule has 20 heavy (non-hydrogen) atoms. The minimum Gasteiger partial charge on any atom is -0.357 e. The monoisotopic (exact) mass is 274 g/mol. The van der Waals surface area contributed by atoms with E-state index in [1.54, 1.807) is 6.07 Å². The molecular weight excluding hydrogens is 251 g/mol. The van der Waals surface area contributed by atoms with Crippen LogP contribution in [0, 0.1) is 12.7 Å². The molecule has 0 bridgehead atoms. The summed E-state index contributed by atoms with van der Waals surface area (Å²) in [7, 11) is 4.33. The Balaban J connectivity index is 2.18. The highest BCUT2D eigenvalue weighted by Gasteiger charge is 2.38. The number of aromatic nitrogens is 1. The van der Waals surface area contributed by atoms with Gasteiger partial charge in [0.2, 0.25) is 0 Å². The first-order chi connectivity index (χ1) is 9.54. The zero-order chi connectivity index (χ0) is 14.3. The summed E-state index contributed by atoms with van der Waals surface area (Å²) in [5.41, 5.74) is 3.61. The zero-order valence-electron chi connectivity index (χ0n) is 12.6. The molecule has 1 heterocycles. The Kier molecular flexibility index (Phi) is 3.33. The Morgan fingerprint density at radius 3 is 2.50 bits per heavy atom. The first-order valence-corrected chi connectivity index (χ1v) is 7.50. The predicted octanol–water partition coefficient (Wildman–Crippen LogP) is 4.34. The Morgan fingerprint density at radius 2 is 1.85 bits per heavy atom. The van der Waals surface area contributed by atoms with Gasteiger partial charge in [0.1, 0.15) is 5.82 Å². The minimum atomic E-state index is -0.159. The van der Waals surface area contributed by atoms with Crippen LogP contribution in [-0.4, -0.2) is 24.0 Å². The largest absolute Gasteiger partial charge is 0.357 e. The molecule has 1 aliphatic rings. The van der Waals surface area contributed by atoms with Gasteiger partial charge in [-0.15, -0.1) is 0 Å². The fraction of sp³-hybridized carbons (Fsp3) is 0.529. The van der Waals surface area contributed by atoms with Crippen molar-refractivity contribution in [3.05, 3.63) is 35.3 Å². The van der Waals surface area contributed by atoms with Crippen molar-refractivity contribution in [2.45, 2.75) is 44.6 Å². The van der Waals surface area contributed by atoms with E-state index >= 15 is 0 Å². The second-order valence-electron chi connectivity index (χ2n) is 6.30. The minimum absolute atomic E-state index is 0.0812. The number of hydrogen-bond donors (Lipinski definition) is 1. The van der Waals surface area contributed by atoms with Gasteiger partial charge in [-0.05, 0) is 57.6 Å². The normalized spacial score (nSPS) is 18.9. The Labute approximate surface area is 120 Å². The summed E-state index contributed by atoms with van der Waals surface area (Å²) in [6.45, 7) is 2.12. The maximum absolute atomic E-state index is 13.5. The summed E-state index contributed by atoms with van der Waals surface area (Å²) in [6, 6.07) is 5.04. The molecule has 0 spiro atoms. The van der Waals surface area contributed by atoms with E-state index in [0.29, 0.717) is 0 Å². The number of nitrogens with one attached hydrogen (secondary N) is 1. The standard InChI is InChI=1S/C17H23FN2/c1-12-14-11-13(18)7-8-15(14)19-16(12)17(20(2)3)9-5-4-6-10-17/h7-8,11,19H,4-6,9-10H2,1-3H3. The van der Waals surface area contributed by atoms with E-state index in [1.165, 1.54) is 49.4 Å². The lowest BCUT2D eigenvalue weighted by Gasteiger charge is -2.43. The van der Waals surface area contributed by atoms with E-state index in [0.717, 1.165) is 10.9 Å². The summed E-state index contributed by atoms with van der Waals surface area (Å²) < 4.78 is 13.5. The van der Waals surface area contributed by atoms with Crippen molar-refractivity contribution < 1.29 is 4.39 Å². The molecule has 0 unspecified atom stereocenters. The molecule has 3 heteroatoms. The third kappa shape index (κ3) is 1.96. The lowest BCUT2D eigenvalue weighted by Crippen LogP contribution is -2.43. The zero-order valence-corrected chi connectivity index (χ0v) is 12.6. The maximum Gasteiger partial charge on any atom is 0.123 e. The molecule has 2 nitrogen and oxygen atoms in total. The van der Waals surface area contributed by atoms with Gasteiger partial charge < -0.3 is 4.98 Å². The first-order valence-electron chi connectivity index (χ1n) is 7.50. The molecule has 0 saturated heterocycles. The number of benzene rings is 1. The Hall–Kier alpha value is -1.35. The number of nitrogens with zero attached hydrogens (tertiary/aromatic N) is 1. The molecule has 3 rings (SSSR count). The van der Waals surface area contributed by atoms with Crippen LogP contribution in [0.5, 0.6) is 0 Å². The fourth-order valence-electron chi connectivity index (χ4n) is 3.82. The van der Waals surface area contributed by atoms with Crippen molar-refractivity contribution >= 4 is 10.9 Å². The molecule has 0 amide bonds. The van der Waals surface area contributed by atoms with Gasteiger partial charge in [-0.25, -0.2) is 4.39 Å². The Morgan fingerprint density at radius 1 is 1.15 bits per heavy atom. The molecule has 1 N–H and O–H groups in total. The van der Waals surface area contributed by atoms with Crippen LogP contribution >= 0.6 is 0 Å². The third-order valence-corrected chi connectivity index (χ3v) is 5.02. The molecule has 1 saturated carbocycles. The highest BCUT2D eigenvalue weighted by Crippen LogP contribution is 2.43. The van der Waals surface area contributed by atoms with Crippen molar-refractivity contribution in [3.63, 3.8) is 0 Å². The van der Waals surface area contributed by atoms with Gasteiger partial charge in [0.15, 0.2) is 0 Å². The van der Waals surface area contributed by atoms with Gasteiger partial charge in [0.05, 0.1) is 5.54 Å². The molecule has 1 aromatic heterocycles. The number of hydrogen-bond acceptors (Lipinski definition) is 1. The van der Waals surface area contributed by atoms with Crippen molar-refractivity contribution in [2.24, 2.45) is 0 Å². The van der Waals surface area contributed by atoms with E-state index in [-0.39, 0.29) is 11.4 Å². The van der Waals surface area contributed by atoms with Gasteiger partial charge in [-0.3, -0.25) is 4.90 Å². The van der Waals surface area contributed by atoms with Gasteiger partial charge in [-0.1, -0.05) is 19.3 Å². The fourth-order valence-corrected chi connectivity index (χ4v) is 3.82. The molecule has 1 aromatic carbocycles. The Bertz CT molecular complexity index is 621. The van der Waals surface area contributed by atoms with E-state index in [2.05, 4.69) is 30.9 Å². The topological polar surface area (TPSA) is 19.0 Å². The van der Waals surface area contributed by atoms with Gasteiger partial charge in [0, 0.05) is 16.6 Å². The quantitative estimate of drug-likeness (QED) is 0.863. The van der Waals surface area contributed by atoms with E-state index in [1.807, 2.05) is 6.07 Å². The molecule has 2 aromatic rings. The SMILES string of the molecule is Cc1c(C2(N(C)C)CCCCC2)[nH]c2ccc(F)cc12. The molecule has 0 radical (unpaired) electrons. The smallest absolute Gasteiger partial charge is 0.123 e. The average Bonchev–Trinajstić information content (AvgIpc) is 2.77. The van der Waals surface area contributed by atoms with Crippen molar-refractivity contribution in [3.8, 4) is 0 Å². The van der Waals surface area contributed by atoms with Crippen molar-refractivity contribution in [1.29, 1.82) is 0 Å². The van der Waals surface area contributed by atoms with Crippen LogP contribution in [-0.2, 0) is 5.54 Å². The van der Waals surface area contributed by atoms with E-state index in [9.17, 15) is 4.39 Å². The number of H-pyrrole nitrogens is 1. The summed E-state index contributed by atoms with van der Waals surface area (Å²) in [5, 5.41) is 1.02. The lowest BCUT2D eigenvalue weighted by molar-refractivity contribution is 0.0943. The van der Waals surface area contributed by atoms with Gasteiger partial charge >= 0.3 is 0 Å². The highest BCUT2D eigenvalue weighted by atomic mass is 19.1. The van der Waals surface area contributed by atoms with Gasteiger partial charge in [-0.2, -0.15) is 0 Å². The first kappa shape index (κ1) is 13.6. The molecule has 0 aliphatic heterocycles. The molecule has 0 atom stereocenters. The maximum atomic E-state index is 13.5. The van der Waals surface area contributed by atoms with Crippen LogP contribution in [0.15, 0.2) is 18.2 Å². The summed E-state index contributed by atoms with van der Waals surface area (Å²) in [5.74, 6) is -0.159. The number of fused-ring (bicyclic) bond motifs is 1. The summed E-state index contributed by atoms with van der Waals surface area (Å²) in [6.07, 6.45) is 6.21. The second kappa shape index (κ2) is 4.88. The molecule has 1 fully saturated rings. The molecular formula is C17H23FN2. The van der Waals surface area contributed by atoms with Crippen molar-refractivity contribution in [2.75, 3.05) is 14.1 Å². The van der Waals surface area contributed by atoms with Crippen LogP contribution in [0.1, 0.15) is 43.4 Å². The summed E-state index contributed by atoms with van der Waals surface area (Å²) >= 11 is 0. The van der Waals surface area contributed by atoms with Crippen LogP contribution in [0.3, 0.4) is 0 Å². The van der Waals surface area contributed by atoms with Crippen LogP contribution < -0.4 is 0 Å². The van der Waals surface area contributed by atoms with Gasteiger partial charge in [0.25, 0.3) is 0 Å². The number of aromatic amines is 1. The second-order valence-corrected chi connectivity index (χ2v) is 6.30. The third-order valence-electron chi connectivity index (χ3n) is 5.02. The number of rotatable bonds is 2. The van der Waals surface area contributed by atoms with E-state index < -0.39 is 0 Å². The lowest BCUT2D eigenvalue weighted by atomic mass is 9.77. The number of halogens is 1. The summed E-state index contributed by atoms with van der Waals surface area (Å²) in [4.78, 5) is 5.92. The van der Waals surface area contributed by atoms with Crippen LogP contribution in [0.25, 0.3) is 10.9 Å². The highest BCUT2D eigenvalue weighted by molar-refractivity contribution is 5.84. The molecule has 108 valence electrons. The number of aryl methyl sites for hydroxylation is 1. The van der Waals surface area contributed by atoms with Crippen LogP contribution in [0.2, 0.25) is 0 Å². The average molecular weight is 274 g/mol. The predicted molar refractivity (Wildman–Crippen MR) is 81.4 cm³/mol. The van der Waals surface area contributed by atoms with Crippen LogP contribution in [0.4, 0.5) is 4.39 Å².